The number of hydrogen-bond acceptors (Lipinski definition) is 5. The number of rotatable bonds is 7. The van der Waals surface area contributed by atoms with E-state index in [0.717, 1.165) is 4.90 Å². The number of anilines is 1. The minimum absolute atomic E-state index is 0.0253. The molecule has 0 bridgehead atoms. The number of hydrogen-bond donors (Lipinski definition) is 1. The van der Waals surface area contributed by atoms with Gasteiger partial charge in [0, 0.05) is 18.6 Å². The number of imide groups is 1. The first kappa shape index (κ1) is 21.9. The van der Waals surface area contributed by atoms with E-state index in [2.05, 4.69) is 0 Å². The maximum atomic E-state index is 13.4. The Bertz CT molecular complexity index is 999. The fourth-order valence-electron chi connectivity index (χ4n) is 3.42. The van der Waals surface area contributed by atoms with Crippen LogP contribution in [0.2, 0.25) is 5.02 Å². The smallest absolute Gasteiger partial charge is 0.282 e. The summed E-state index contributed by atoms with van der Waals surface area (Å²) in [7, 11) is 1.68. The summed E-state index contributed by atoms with van der Waals surface area (Å²) < 4.78 is 5.68. The maximum Gasteiger partial charge on any atom is 0.282 e. The average Bonchev–Trinajstić information content (AvgIpc) is 2.95. The first-order valence-electron chi connectivity index (χ1n) is 9.73. The van der Waals surface area contributed by atoms with E-state index >= 15 is 0 Å². The van der Waals surface area contributed by atoms with Gasteiger partial charge in [0.15, 0.2) is 0 Å². The molecule has 0 saturated heterocycles. The summed E-state index contributed by atoms with van der Waals surface area (Å²) in [5, 5.41) is 9.86. The summed E-state index contributed by atoms with van der Waals surface area (Å²) in [5.74, 6) is -0.194. The molecule has 2 aromatic carbocycles. The van der Waals surface area contributed by atoms with Gasteiger partial charge >= 0.3 is 0 Å². The van der Waals surface area contributed by atoms with Crippen molar-refractivity contribution >= 4 is 34.7 Å². The largest absolute Gasteiger partial charge is 0.491 e. The summed E-state index contributed by atoms with van der Waals surface area (Å²) in [5.41, 5.74) is 2.22. The second-order valence-electron chi connectivity index (χ2n) is 7.39. The Kier molecular flexibility index (Phi) is 6.48. The molecule has 0 unspecified atom stereocenters. The Morgan fingerprint density at radius 1 is 1.10 bits per heavy atom. The van der Waals surface area contributed by atoms with Crippen LogP contribution in [-0.4, -0.2) is 48.1 Å². The van der Waals surface area contributed by atoms with Gasteiger partial charge in [-0.05, 0) is 56.2 Å². The fraction of sp³-hybridized carbons (Fsp3) is 0.304. The molecule has 0 aliphatic carbocycles. The van der Waals surface area contributed by atoms with E-state index in [0.29, 0.717) is 27.6 Å². The number of amides is 2. The highest BCUT2D eigenvalue weighted by Gasteiger charge is 2.42. The summed E-state index contributed by atoms with van der Waals surface area (Å²) in [6, 6.07) is 12.2. The van der Waals surface area contributed by atoms with Crippen LogP contribution in [0.25, 0.3) is 5.57 Å². The van der Waals surface area contributed by atoms with E-state index in [-0.39, 0.29) is 30.5 Å². The van der Waals surface area contributed by atoms with Gasteiger partial charge in [0.05, 0.1) is 24.0 Å². The van der Waals surface area contributed by atoms with Crippen molar-refractivity contribution < 1.29 is 19.4 Å². The van der Waals surface area contributed by atoms with E-state index in [4.69, 9.17) is 16.3 Å². The van der Waals surface area contributed by atoms with Gasteiger partial charge in [0.25, 0.3) is 11.8 Å². The van der Waals surface area contributed by atoms with Gasteiger partial charge in [-0.3, -0.25) is 9.59 Å². The van der Waals surface area contributed by atoms with Gasteiger partial charge in [-0.25, -0.2) is 4.90 Å². The quantitative estimate of drug-likeness (QED) is 0.682. The topological polar surface area (TPSA) is 70.1 Å². The summed E-state index contributed by atoms with van der Waals surface area (Å²) >= 11 is 6.23. The molecular weight excluding hydrogens is 404 g/mol. The van der Waals surface area contributed by atoms with Crippen LogP contribution in [0.15, 0.2) is 48.2 Å². The molecule has 0 fully saturated rings. The highest BCUT2D eigenvalue weighted by Crippen LogP contribution is 2.37. The number of aliphatic hydroxyl groups is 1. The van der Waals surface area contributed by atoms with Crippen LogP contribution >= 0.6 is 11.6 Å². The highest BCUT2D eigenvalue weighted by molar-refractivity contribution is 6.45. The van der Waals surface area contributed by atoms with Crippen LogP contribution in [0.4, 0.5) is 5.69 Å². The molecule has 0 aromatic heterocycles. The molecule has 2 aromatic rings. The Labute approximate surface area is 181 Å². The molecule has 0 radical (unpaired) electrons. The Morgan fingerprint density at radius 2 is 1.77 bits per heavy atom. The van der Waals surface area contributed by atoms with E-state index in [1.54, 1.807) is 61.3 Å². The molecular formula is C23H25ClN2O4. The van der Waals surface area contributed by atoms with Crippen molar-refractivity contribution in [2.45, 2.75) is 26.9 Å². The number of carbonyl (C=O) groups is 2. The second-order valence-corrected chi connectivity index (χ2v) is 7.80. The predicted molar refractivity (Wildman–Crippen MR) is 118 cm³/mol. The van der Waals surface area contributed by atoms with Gasteiger partial charge in [0.2, 0.25) is 0 Å². The lowest BCUT2D eigenvalue weighted by Crippen LogP contribution is -2.35. The summed E-state index contributed by atoms with van der Waals surface area (Å²) in [6.07, 6.45) is 0.0253. The molecule has 6 nitrogen and oxygen atoms in total. The van der Waals surface area contributed by atoms with Gasteiger partial charge in [0.1, 0.15) is 11.4 Å². The third-order valence-electron chi connectivity index (χ3n) is 4.87. The van der Waals surface area contributed by atoms with Gasteiger partial charge in [-0.15, -0.1) is 0 Å². The lowest BCUT2D eigenvalue weighted by molar-refractivity contribution is -0.120. The molecule has 3 rings (SSSR count). The molecule has 1 heterocycles. The number of likely N-dealkylation sites (N-methyl/N-ethyl adjacent to an activating group) is 1. The monoisotopic (exact) mass is 428 g/mol. The minimum atomic E-state index is -0.446. The lowest BCUT2D eigenvalue weighted by Gasteiger charge is -2.21. The molecule has 1 aliphatic heterocycles. The first-order chi connectivity index (χ1) is 14.3. The molecule has 30 heavy (non-hydrogen) atoms. The number of ether oxygens (including phenoxy) is 1. The van der Waals surface area contributed by atoms with Crippen molar-refractivity contribution in [3.63, 3.8) is 0 Å². The molecule has 2 amide bonds. The zero-order chi connectivity index (χ0) is 22.0. The van der Waals surface area contributed by atoms with Crippen LogP contribution in [0.5, 0.6) is 5.75 Å². The molecule has 0 spiro atoms. The molecule has 1 N–H and O–H groups in total. The zero-order valence-electron chi connectivity index (χ0n) is 17.5. The Morgan fingerprint density at radius 3 is 2.37 bits per heavy atom. The van der Waals surface area contributed by atoms with Crippen molar-refractivity contribution in [3.8, 4) is 5.75 Å². The van der Waals surface area contributed by atoms with Gasteiger partial charge in [-0.2, -0.15) is 0 Å². The van der Waals surface area contributed by atoms with E-state index in [1.807, 2.05) is 13.8 Å². The number of halogens is 1. The highest BCUT2D eigenvalue weighted by atomic mass is 35.5. The van der Waals surface area contributed by atoms with Crippen LogP contribution in [0, 0.1) is 6.92 Å². The molecule has 0 atom stereocenters. The fourth-order valence-corrected chi connectivity index (χ4v) is 3.59. The summed E-state index contributed by atoms with van der Waals surface area (Å²) in [4.78, 5) is 29.6. The Hall–Kier alpha value is -2.83. The number of benzene rings is 2. The molecule has 7 heteroatoms. The van der Waals surface area contributed by atoms with Crippen molar-refractivity contribution in [2.75, 3.05) is 25.1 Å². The zero-order valence-corrected chi connectivity index (χ0v) is 18.2. The van der Waals surface area contributed by atoms with E-state index in [9.17, 15) is 14.7 Å². The normalized spacial score (nSPS) is 14.2. The second kappa shape index (κ2) is 8.90. The summed E-state index contributed by atoms with van der Waals surface area (Å²) in [6.45, 7) is 5.71. The van der Waals surface area contributed by atoms with Crippen molar-refractivity contribution in [1.82, 2.24) is 4.90 Å². The number of nitrogens with zero attached hydrogens (tertiary/aromatic N) is 2. The first-order valence-corrected chi connectivity index (χ1v) is 10.1. The molecule has 1 aliphatic rings. The Balaban J connectivity index is 2.10. The predicted octanol–water partition coefficient (Wildman–Crippen LogP) is 3.64. The standard InChI is InChI=1S/C23H25ClN2O4/c1-14(2)30-17-10-8-16(9-11-17)20-21(25(4)12-13-27)23(29)26(22(20)28)19-7-5-6-18(24)15(19)3/h5-11,14,27H,12-13H2,1-4H3. The van der Waals surface area contributed by atoms with E-state index in [1.165, 1.54) is 0 Å². The van der Waals surface area contributed by atoms with Gasteiger partial charge < -0.3 is 14.7 Å². The van der Waals surface area contributed by atoms with Crippen LogP contribution in [-0.2, 0) is 9.59 Å². The van der Waals surface area contributed by atoms with Crippen molar-refractivity contribution in [1.29, 1.82) is 0 Å². The number of aliphatic hydroxyl groups excluding tert-OH is 1. The molecule has 0 saturated carbocycles. The average molecular weight is 429 g/mol. The van der Waals surface area contributed by atoms with Crippen molar-refractivity contribution in [3.05, 3.63) is 64.3 Å². The third-order valence-corrected chi connectivity index (χ3v) is 5.28. The molecule has 158 valence electrons. The number of carbonyl (C=O) groups excluding carboxylic acids is 2. The maximum absolute atomic E-state index is 13.4. The van der Waals surface area contributed by atoms with E-state index < -0.39 is 11.8 Å². The van der Waals surface area contributed by atoms with Crippen LogP contribution in [0.1, 0.15) is 25.0 Å². The van der Waals surface area contributed by atoms with Crippen LogP contribution in [0.3, 0.4) is 0 Å². The van der Waals surface area contributed by atoms with Crippen LogP contribution < -0.4 is 9.64 Å². The third kappa shape index (κ3) is 4.06. The SMILES string of the molecule is Cc1c(Cl)cccc1N1C(=O)C(c2ccc(OC(C)C)cc2)=C(N(C)CCO)C1=O. The van der Waals surface area contributed by atoms with Gasteiger partial charge in [-0.1, -0.05) is 29.8 Å². The van der Waals surface area contributed by atoms with Crippen molar-refractivity contribution in [2.24, 2.45) is 0 Å². The lowest BCUT2D eigenvalue weighted by atomic mass is 10.0. The minimum Gasteiger partial charge on any atom is -0.491 e.